The molecule has 0 saturated carbocycles. The van der Waals surface area contributed by atoms with Crippen molar-refractivity contribution in [3.8, 4) is 17.6 Å². The van der Waals surface area contributed by atoms with Crippen LogP contribution >= 0.6 is 0 Å². The Hall–Kier alpha value is -3.19. The van der Waals surface area contributed by atoms with Gasteiger partial charge < -0.3 is 14.8 Å². The van der Waals surface area contributed by atoms with Crippen molar-refractivity contribution in [3.63, 3.8) is 0 Å². The van der Waals surface area contributed by atoms with Crippen LogP contribution in [-0.2, 0) is 6.42 Å². The molecule has 1 aliphatic rings. The third kappa shape index (κ3) is 4.32. The molecule has 4 nitrogen and oxygen atoms in total. The number of fused-ring (bicyclic) bond motifs is 1. The molecule has 0 aliphatic carbocycles. The number of allylic oxidation sites excluding steroid dienone is 2. The molecule has 0 fully saturated rings. The zero-order valence-corrected chi connectivity index (χ0v) is 16.2. The molecule has 0 bridgehead atoms. The van der Waals surface area contributed by atoms with Crippen molar-refractivity contribution in [2.75, 3.05) is 12.4 Å². The van der Waals surface area contributed by atoms with Crippen molar-refractivity contribution in [2.24, 2.45) is 0 Å². The number of hydrogen-bond donors (Lipinski definition) is 1. The Kier molecular flexibility index (Phi) is 5.23. The van der Waals surface area contributed by atoms with Crippen LogP contribution in [0.25, 0.3) is 5.57 Å². The van der Waals surface area contributed by atoms with E-state index >= 15 is 0 Å². The third-order valence-electron chi connectivity index (χ3n) is 4.41. The molecule has 0 saturated heterocycles. The van der Waals surface area contributed by atoms with Gasteiger partial charge in [-0.1, -0.05) is 18.2 Å². The van der Waals surface area contributed by atoms with Gasteiger partial charge in [0.05, 0.1) is 13.2 Å². The van der Waals surface area contributed by atoms with Crippen molar-refractivity contribution in [2.45, 2.75) is 32.8 Å². The maximum atomic E-state index is 9.53. The highest BCUT2D eigenvalue weighted by Gasteiger charge is 2.28. The first-order chi connectivity index (χ1) is 12.9. The molecule has 1 aliphatic heterocycles. The van der Waals surface area contributed by atoms with Gasteiger partial charge in [0.2, 0.25) is 0 Å². The average Bonchev–Trinajstić information content (AvgIpc) is 2.65. The Morgan fingerprint density at radius 2 is 2.00 bits per heavy atom. The Morgan fingerprint density at radius 3 is 2.67 bits per heavy atom. The quantitative estimate of drug-likeness (QED) is 0.732. The second-order valence-corrected chi connectivity index (χ2v) is 7.18. The molecular weight excluding hydrogens is 336 g/mol. The van der Waals surface area contributed by atoms with E-state index in [4.69, 9.17) is 9.47 Å². The Morgan fingerprint density at radius 1 is 1.26 bits per heavy atom. The maximum Gasteiger partial charge on any atom is 0.169 e. The highest BCUT2D eigenvalue weighted by atomic mass is 16.5. The summed E-state index contributed by atoms with van der Waals surface area (Å²) in [5.74, 6) is 1.45. The van der Waals surface area contributed by atoms with Gasteiger partial charge in [0, 0.05) is 29.4 Å². The lowest BCUT2D eigenvalue weighted by molar-refractivity contribution is 0.151. The Bertz CT molecular complexity index is 935. The van der Waals surface area contributed by atoms with Crippen LogP contribution in [0, 0.1) is 11.3 Å². The lowest BCUT2D eigenvalue weighted by Gasteiger charge is -2.31. The summed E-state index contributed by atoms with van der Waals surface area (Å²) in [7, 11) is 1.64. The zero-order valence-electron chi connectivity index (χ0n) is 16.2. The minimum absolute atomic E-state index is 0.372. The predicted octanol–water partition coefficient (Wildman–Crippen LogP) is 5.33. The molecule has 1 N–H and O–H groups in total. The van der Waals surface area contributed by atoms with Crippen molar-refractivity contribution < 1.29 is 9.47 Å². The Balaban J connectivity index is 1.89. The number of ether oxygens (including phenoxy) is 2. The fourth-order valence-corrected chi connectivity index (χ4v) is 3.25. The average molecular weight is 360 g/mol. The largest absolute Gasteiger partial charge is 0.493 e. The number of nitrogens with zero attached hydrogens (tertiary/aromatic N) is 1. The van der Waals surface area contributed by atoms with E-state index in [9.17, 15) is 5.26 Å². The summed E-state index contributed by atoms with van der Waals surface area (Å²) < 4.78 is 11.7. The second-order valence-electron chi connectivity index (χ2n) is 7.18. The summed E-state index contributed by atoms with van der Waals surface area (Å²) in [6.45, 7) is 6.13. The van der Waals surface area contributed by atoms with Gasteiger partial charge in [0.1, 0.15) is 5.60 Å². The van der Waals surface area contributed by atoms with Crippen LogP contribution in [0.5, 0.6) is 11.5 Å². The number of para-hydroxylation sites is 1. The van der Waals surface area contributed by atoms with Crippen LogP contribution in [0.15, 0.2) is 60.3 Å². The topological polar surface area (TPSA) is 54.3 Å². The van der Waals surface area contributed by atoms with Gasteiger partial charge in [-0.2, -0.15) is 5.26 Å². The van der Waals surface area contributed by atoms with E-state index in [2.05, 4.69) is 30.5 Å². The van der Waals surface area contributed by atoms with E-state index in [1.165, 1.54) is 0 Å². The fourth-order valence-electron chi connectivity index (χ4n) is 3.25. The smallest absolute Gasteiger partial charge is 0.169 e. The minimum Gasteiger partial charge on any atom is -0.493 e. The molecule has 0 unspecified atom stereocenters. The first-order valence-corrected chi connectivity index (χ1v) is 8.92. The number of rotatable bonds is 5. The first-order valence-electron chi connectivity index (χ1n) is 8.92. The van der Waals surface area contributed by atoms with E-state index in [-0.39, 0.29) is 5.60 Å². The SMILES string of the molecule is COc1cc(CC(C#N)=CNc2ccccc2)cc2c1OC(C)(C)C=C2C. The summed E-state index contributed by atoms with van der Waals surface area (Å²) in [5, 5.41) is 12.7. The zero-order chi connectivity index (χ0) is 19.4. The van der Waals surface area contributed by atoms with E-state index in [0.717, 1.165) is 28.1 Å². The standard InChI is InChI=1S/C23H24N2O2/c1-16-13-23(2,3)27-22-20(16)11-17(12-21(22)26-4)10-18(14-24)15-25-19-8-6-5-7-9-19/h5-9,11-13,15,25H,10H2,1-4H3. The van der Waals surface area contributed by atoms with E-state index in [0.29, 0.717) is 17.7 Å². The summed E-state index contributed by atoms with van der Waals surface area (Å²) >= 11 is 0. The van der Waals surface area contributed by atoms with Gasteiger partial charge in [-0.15, -0.1) is 0 Å². The van der Waals surface area contributed by atoms with E-state index < -0.39 is 0 Å². The molecule has 3 rings (SSSR count). The van der Waals surface area contributed by atoms with Gasteiger partial charge in [-0.05, 0) is 62.2 Å². The first kappa shape index (κ1) is 18.6. The fraction of sp³-hybridized carbons (Fsp3) is 0.261. The van der Waals surface area contributed by atoms with Crippen LogP contribution in [0.2, 0.25) is 0 Å². The minimum atomic E-state index is -0.372. The van der Waals surface area contributed by atoms with Crippen LogP contribution in [0.1, 0.15) is 31.9 Å². The molecule has 0 amide bonds. The van der Waals surface area contributed by atoms with Gasteiger partial charge in [-0.3, -0.25) is 0 Å². The summed E-state index contributed by atoms with van der Waals surface area (Å²) in [6.07, 6.45) is 4.37. The van der Waals surface area contributed by atoms with Crippen molar-refractivity contribution in [3.05, 3.63) is 71.4 Å². The van der Waals surface area contributed by atoms with Crippen molar-refractivity contribution in [1.29, 1.82) is 5.26 Å². The van der Waals surface area contributed by atoms with E-state index in [1.807, 2.05) is 50.2 Å². The molecule has 0 spiro atoms. The Labute approximate surface area is 160 Å². The van der Waals surface area contributed by atoms with Gasteiger partial charge in [-0.25, -0.2) is 0 Å². The van der Waals surface area contributed by atoms with Crippen LogP contribution < -0.4 is 14.8 Å². The summed E-state index contributed by atoms with van der Waals surface area (Å²) in [5.41, 5.74) is 4.37. The van der Waals surface area contributed by atoms with Gasteiger partial charge in [0.15, 0.2) is 11.5 Å². The lowest BCUT2D eigenvalue weighted by Crippen LogP contribution is -2.29. The van der Waals surface area contributed by atoms with Crippen LogP contribution in [0.4, 0.5) is 5.69 Å². The maximum absolute atomic E-state index is 9.53. The molecule has 1 heterocycles. The highest BCUT2D eigenvalue weighted by Crippen LogP contribution is 2.43. The molecule has 0 radical (unpaired) electrons. The lowest BCUT2D eigenvalue weighted by atomic mass is 9.93. The van der Waals surface area contributed by atoms with Crippen molar-refractivity contribution >= 4 is 11.3 Å². The molecular formula is C23H24N2O2. The number of nitrogens with one attached hydrogen (secondary N) is 1. The third-order valence-corrected chi connectivity index (χ3v) is 4.41. The van der Waals surface area contributed by atoms with Crippen molar-refractivity contribution in [1.82, 2.24) is 0 Å². The van der Waals surface area contributed by atoms with E-state index in [1.54, 1.807) is 13.3 Å². The molecule has 0 atom stereocenters. The molecule has 0 aromatic heterocycles. The van der Waals surface area contributed by atoms with Gasteiger partial charge >= 0.3 is 0 Å². The summed E-state index contributed by atoms with van der Waals surface area (Å²) in [6, 6.07) is 16.1. The van der Waals surface area contributed by atoms with Gasteiger partial charge in [0.25, 0.3) is 0 Å². The van der Waals surface area contributed by atoms with Crippen LogP contribution in [0.3, 0.4) is 0 Å². The molecule has 2 aromatic rings. The van der Waals surface area contributed by atoms with Crippen LogP contribution in [-0.4, -0.2) is 12.7 Å². The number of methoxy groups -OCH3 is 1. The second kappa shape index (κ2) is 7.59. The molecule has 4 heteroatoms. The molecule has 27 heavy (non-hydrogen) atoms. The number of anilines is 1. The predicted molar refractivity (Wildman–Crippen MR) is 109 cm³/mol. The number of benzene rings is 2. The number of hydrogen-bond acceptors (Lipinski definition) is 4. The number of nitriles is 1. The molecule has 2 aromatic carbocycles. The highest BCUT2D eigenvalue weighted by molar-refractivity contribution is 5.75. The normalized spacial score (nSPS) is 15.1. The summed E-state index contributed by atoms with van der Waals surface area (Å²) in [4.78, 5) is 0. The molecule has 138 valence electrons. The monoisotopic (exact) mass is 360 g/mol.